The molecule has 1 aromatic carbocycles. The lowest BCUT2D eigenvalue weighted by Gasteiger charge is -2.13. The summed E-state index contributed by atoms with van der Waals surface area (Å²) in [6.07, 6.45) is 2.26. The predicted molar refractivity (Wildman–Crippen MR) is 76.0 cm³/mol. The van der Waals surface area contributed by atoms with E-state index in [-0.39, 0.29) is 6.04 Å². The van der Waals surface area contributed by atoms with Gasteiger partial charge in [-0.3, -0.25) is 4.57 Å². The zero-order chi connectivity index (χ0) is 15.0. The number of hydrogen-bond acceptors (Lipinski definition) is 3. The summed E-state index contributed by atoms with van der Waals surface area (Å²) in [7, 11) is 0. The molecule has 0 bridgehead atoms. The van der Waals surface area contributed by atoms with Crippen LogP contribution in [0.15, 0.2) is 36.5 Å². The van der Waals surface area contributed by atoms with Crippen LogP contribution >= 0.6 is 0 Å². The third-order valence-electron chi connectivity index (χ3n) is 3.32. The molecule has 0 unspecified atom stereocenters. The Labute approximate surface area is 120 Å². The van der Waals surface area contributed by atoms with Crippen LogP contribution in [0.1, 0.15) is 25.2 Å². The minimum Gasteiger partial charge on any atom is -0.321 e. The van der Waals surface area contributed by atoms with Gasteiger partial charge in [0.05, 0.1) is 11.7 Å². The molecule has 6 heteroatoms. The Morgan fingerprint density at radius 3 is 2.62 bits per heavy atom. The minimum atomic E-state index is -0.654. The molecular weight excluding hydrogens is 274 g/mol. The third-order valence-corrected chi connectivity index (χ3v) is 3.32. The number of benzene rings is 1. The molecule has 2 N–H and O–H groups in total. The van der Waals surface area contributed by atoms with E-state index in [9.17, 15) is 8.78 Å². The second-order valence-electron chi connectivity index (χ2n) is 4.79. The van der Waals surface area contributed by atoms with Crippen LogP contribution in [0.4, 0.5) is 8.78 Å². The van der Waals surface area contributed by atoms with E-state index in [4.69, 9.17) is 5.73 Å². The first-order valence-electron chi connectivity index (χ1n) is 6.65. The molecule has 0 fully saturated rings. The van der Waals surface area contributed by atoms with Gasteiger partial charge in [0, 0.05) is 12.3 Å². The second-order valence-corrected chi connectivity index (χ2v) is 4.79. The van der Waals surface area contributed by atoms with Gasteiger partial charge in [-0.15, -0.1) is 0 Å². The Kier molecular flexibility index (Phi) is 3.39. The van der Waals surface area contributed by atoms with Gasteiger partial charge in [0.1, 0.15) is 23.0 Å². The number of nitrogens with zero attached hydrogens (tertiary/aromatic N) is 3. The quantitative estimate of drug-likeness (QED) is 0.805. The van der Waals surface area contributed by atoms with Crippen molar-refractivity contribution < 1.29 is 8.78 Å². The van der Waals surface area contributed by atoms with Crippen LogP contribution in [-0.4, -0.2) is 14.5 Å². The summed E-state index contributed by atoms with van der Waals surface area (Å²) in [6, 6.07) is 6.52. The second kappa shape index (κ2) is 5.21. The molecule has 0 saturated heterocycles. The van der Waals surface area contributed by atoms with Crippen molar-refractivity contribution in [3.63, 3.8) is 0 Å². The molecule has 3 aromatic rings. The van der Waals surface area contributed by atoms with Crippen molar-refractivity contribution in [2.45, 2.75) is 19.4 Å². The molecule has 4 nitrogen and oxygen atoms in total. The van der Waals surface area contributed by atoms with Gasteiger partial charge in [-0.1, -0.05) is 6.92 Å². The summed E-state index contributed by atoms with van der Waals surface area (Å²) in [5.74, 6) is -0.770. The number of aromatic nitrogens is 3. The molecule has 0 saturated carbocycles. The van der Waals surface area contributed by atoms with Gasteiger partial charge in [0.2, 0.25) is 0 Å². The van der Waals surface area contributed by atoms with Gasteiger partial charge < -0.3 is 5.73 Å². The lowest BCUT2D eigenvalue weighted by molar-refractivity contribution is 0.579. The van der Waals surface area contributed by atoms with Crippen molar-refractivity contribution in [3.8, 4) is 5.69 Å². The zero-order valence-corrected chi connectivity index (χ0v) is 11.4. The maximum atomic E-state index is 13.5. The molecule has 1 atom stereocenters. The molecule has 0 radical (unpaired) electrons. The molecule has 0 aliphatic rings. The smallest absolute Gasteiger partial charge is 0.164 e. The number of pyridine rings is 1. The van der Waals surface area contributed by atoms with Crippen LogP contribution in [0.2, 0.25) is 0 Å². The van der Waals surface area contributed by atoms with Crippen molar-refractivity contribution in [2.24, 2.45) is 5.73 Å². The third kappa shape index (κ3) is 2.38. The summed E-state index contributed by atoms with van der Waals surface area (Å²) in [4.78, 5) is 8.70. The van der Waals surface area contributed by atoms with Gasteiger partial charge >= 0.3 is 0 Å². The molecule has 0 aliphatic carbocycles. The van der Waals surface area contributed by atoms with Crippen LogP contribution in [0, 0.1) is 11.6 Å². The normalized spacial score (nSPS) is 12.8. The predicted octanol–water partition coefficient (Wildman–Crippen LogP) is 3.11. The highest BCUT2D eigenvalue weighted by molar-refractivity contribution is 5.74. The average molecular weight is 288 g/mol. The Morgan fingerprint density at radius 1 is 1.24 bits per heavy atom. The molecular formula is C15H14F2N4. The van der Waals surface area contributed by atoms with Gasteiger partial charge in [0.25, 0.3) is 0 Å². The highest BCUT2D eigenvalue weighted by Gasteiger charge is 2.18. The summed E-state index contributed by atoms with van der Waals surface area (Å²) in [5, 5.41) is 0. The maximum absolute atomic E-state index is 13.5. The molecule has 0 aliphatic heterocycles. The Hall–Kier alpha value is -2.34. The molecule has 21 heavy (non-hydrogen) atoms. The van der Waals surface area contributed by atoms with Gasteiger partial charge in [-0.05, 0) is 30.7 Å². The summed E-state index contributed by atoms with van der Waals surface area (Å²) >= 11 is 0. The molecule has 3 rings (SSSR count). The number of rotatable bonds is 3. The Morgan fingerprint density at radius 2 is 1.95 bits per heavy atom. The standard InChI is InChI=1S/C15H14F2N4/c1-2-12(18)14-20-13-4-3-5-19-15(13)21(14)11-7-9(16)6-10(17)8-11/h3-8,12H,2,18H2,1H3/t12-/m0/s1. The summed E-state index contributed by atoms with van der Waals surface area (Å²) in [5.41, 5.74) is 7.57. The van der Waals surface area contributed by atoms with Crippen molar-refractivity contribution in [3.05, 3.63) is 54.0 Å². The Balaban J connectivity index is 2.33. The molecule has 0 amide bonds. The summed E-state index contributed by atoms with van der Waals surface area (Å²) in [6.45, 7) is 1.92. The highest BCUT2D eigenvalue weighted by Crippen LogP contribution is 2.25. The van der Waals surface area contributed by atoms with E-state index >= 15 is 0 Å². The van der Waals surface area contributed by atoms with Gasteiger partial charge in [-0.25, -0.2) is 18.7 Å². The van der Waals surface area contributed by atoms with Crippen molar-refractivity contribution in [2.75, 3.05) is 0 Å². The van der Waals surface area contributed by atoms with E-state index in [1.807, 2.05) is 6.92 Å². The fourth-order valence-electron chi connectivity index (χ4n) is 2.28. The monoisotopic (exact) mass is 288 g/mol. The largest absolute Gasteiger partial charge is 0.321 e. The van der Waals surface area contributed by atoms with E-state index in [0.717, 1.165) is 6.07 Å². The van der Waals surface area contributed by atoms with E-state index < -0.39 is 11.6 Å². The first kappa shape index (κ1) is 13.6. The van der Waals surface area contributed by atoms with E-state index in [2.05, 4.69) is 9.97 Å². The van der Waals surface area contributed by atoms with Crippen molar-refractivity contribution >= 4 is 11.2 Å². The van der Waals surface area contributed by atoms with Crippen LogP contribution in [0.3, 0.4) is 0 Å². The van der Waals surface area contributed by atoms with Crippen molar-refractivity contribution in [1.82, 2.24) is 14.5 Å². The fourth-order valence-corrected chi connectivity index (χ4v) is 2.28. The minimum absolute atomic E-state index is 0.326. The number of nitrogens with two attached hydrogens (primary N) is 1. The number of imidazole rings is 1. The molecule has 108 valence electrons. The first-order chi connectivity index (χ1) is 10.1. The number of fused-ring (bicyclic) bond motifs is 1. The molecule has 2 heterocycles. The van der Waals surface area contributed by atoms with E-state index in [1.165, 1.54) is 12.1 Å². The van der Waals surface area contributed by atoms with E-state index in [0.29, 0.717) is 29.1 Å². The lowest BCUT2D eigenvalue weighted by Crippen LogP contribution is -2.15. The molecule has 2 aromatic heterocycles. The first-order valence-corrected chi connectivity index (χ1v) is 6.65. The Bertz CT molecular complexity index is 777. The van der Waals surface area contributed by atoms with Gasteiger partial charge in [-0.2, -0.15) is 0 Å². The average Bonchev–Trinajstić information content (AvgIpc) is 2.84. The number of halogens is 2. The van der Waals surface area contributed by atoms with E-state index in [1.54, 1.807) is 22.9 Å². The van der Waals surface area contributed by atoms with Crippen LogP contribution in [-0.2, 0) is 0 Å². The van der Waals surface area contributed by atoms with Crippen LogP contribution < -0.4 is 5.73 Å². The topological polar surface area (TPSA) is 56.7 Å². The highest BCUT2D eigenvalue weighted by atomic mass is 19.1. The van der Waals surface area contributed by atoms with Crippen LogP contribution in [0.25, 0.3) is 16.9 Å². The number of hydrogen-bond donors (Lipinski definition) is 1. The van der Waals surface area contributed by atoms with Crippen molar-refractivity contribution in [1.29, 1.82) is 0 Å². The summed E-state index contributed by atoms with van der Waals surface area (Å²) < 4.78 is 28.6. The lowest BCUT2D eigenvalue weighted by atomic mass is 10.2. The van der Waals surface area contributed by atoms with Crippen LogP contribution in [0.5, 0.6) is 0 Å². The zero-order valence-electron chi connectivity index (χ0n) is 11.4. The molecule has 0 spiro atoms. The fraction of sp³-hybridized carbons (Fsp3) is 0.200. The maximum Gasteiger partial charge on any atom is 0.164 e. The SMILES string of the molecule is CC[C@H](N)c1nc2cccnc2n1-c1cc(F)cc(F)c1. The van der Waals surface area contributed by atoms with Gasteiger partial charge in [0.15, 0.2) is 5.65 Å².